The number of pyridine rings is 2. The molecule has 3 aromatic heterocycles. The van der Waals surface area contributed by atoms with Gasteiger partial charge >= 0.3 is 0 Å². The van der Waals surface area contributed by atoms with Gasteiger partial charge in [-0.3, -0.25) is 4.79 Å². The Balaban J connectivity index is 1.48. The van der Waals surface area contributed by atoms with Crippen LogP contribution in [0.15, 0.2) is 24.5 Å². The number of aliphatic hydroxyl groups is 1. The Bertz CT molecular complexity index is 1260. The van der Waals surface area contributed by atoms with Crippen LogP contribution in [-0.2, 0) is 0 Å². The molecule has 1 saturated carbocycles. The lowest BCUT2D eigenvalue weighted by atomic mass is 9.94. The predicted molar refractivity (Wildman–Crippen MR) is 140 cm³/mol. The average molecular weight is 514 g/mol. The highest BCUT2D eigenvalue weighted by molar-refractivity contribution is 7.21. The van der Waals surface area contributed by atoms with Crippen molar-refractivity contribution in [1.82, 2.24) is 20.2 Å². The summed E-state index contributed by atoms with van der Waals surface area (Å²) in [7, 11) is 3.53. The second-order valence-corrected chi connectivity index (χ2v) is 10.8. The molecule has 1 amide bonds. The molecule has 2 fully saturated rings. The number of rotatable bonds is 6. The highest BCUT2D eigenvalue weighted by Gasteiger charge is 2.29. The molecule has 5 rings (SSSR count). The van der Waals surface area contributed by atoms with E-state index in [1.54, 1.807) is 31.4 Å². The maximum atomic E-state index is 15.2. The van der Waals surface area contributed by atoms with Crippen LogP contribution in [0.2, 0.25) is 0 Å². The molecule has 1 atom stereocenters. The lowest BCUT2D eigenvalue weighted by molar-refractivity contribution is 0.0831. The molecule has 0 bridgehead atoms. The number of thiophene rings is 1. The minimum Gasteiger partial charge on any atom is -0.395 e. The Labute approximate surface area is 213 Å². The number of nitrogens with zero attached hydrogens (tertiary/aromatic N) is 5. The molecule has 1 aliphatic heterocycles. The maximum absolute atomic E-state index is 15.2. The third-order valence-corrected chi connectivity index (χ3v) is 8.23. The smallest absolute Gasteiger partial charge is 0.263 e. The van der Waals surface area contributed by atoms with E-state index in [1.807, 2.05) is 11.0 Å². The van der Waals surface area contributed by atoms with E-state index in [0.717, 1.165) is 51.2 Å². The topological polar surface area (TPSA) is 111 Å². The van der Waals surface area contributed by atoms with Crippen LogP contribution in [0.5, 0.6) is 0 Å². The molecule has 0 spiro atoms. The van der Waals surface area contributed by atoms with Gasteiger partial charge in [0.1, 0.15) is 5.82 Å². The number of fused-ring (bicyclic) bond motifs is 1. The van der Waals surface area contributed by atoms with Crippen molar-refractivity contribution in [2.24, 2.45) is 5.84 Å². The number of anilines is 3. The van der Waals surface area contributed by atoms with Gasteiger partial charge in [0.25, 0.3) is 5.91 Å². The molecule has 1 aliphatic carbocycles. The zero-order valence-electron chi connectivity index (χ0n) is 20.6. The summed E-state index contributed by atoms with van der Waals surface area (Å²) in [4.78, 5) is 26.1. The number of piperazine rings is 1. The summed E-state index contributed by atoms with van der Waals surface area (Å²) >= 11 is 1.46. The van der Waals surface area contributed by atoms with E-state index in [4.69, 9.17) is 5.84 Å². The first kappa shape index (κ1) is 24.8. The highest BCUT2D eigenvalue weighted by Crippen LogP contribution is 2.44. The molecule has 3 aromatic rings. The summed E-state index contributed by atoms with van der Waals surface area (Å²) in [5, 5.41) is 14.8. The summed E-state index contributed by atoms with van der Waals surface area (Å²) in [6.07, 6.45) is 7.69. The van der Waals surface area contributed by atoms with E-state index < -0.39 is 5.82 Å². The fraction of sp³-hybridized carbons (Fsp3) is 0.480. The van der Waals surface area contributed by atoms with E-state index in [9.17, 15) is 9.90 Å². The molecule has 9 nitrogen and oxygen atoms in total. The van der Waals surface area contributed by atoms with Gasteiger partial charge in [-0.1, -0.05) is 12.8 Å². The van der Waals surface area contributed by atoms with Crippen molar-refractivity contribution in [3.05, 3.63) is 40.8 Å². The lowest BCUT2D eigenvalue weighted by Gasteiger charge is -2.34. The third kappa shape index (κ3) is 4.63. The van der Waals surface area contributed by atoms with E-state index in [-0.39, 0.29) is 24.4 Å². The summed E-state index contributed by atoms with van der Waals surface area (Å²) < 4.78 is 16.1. The first-order chi connectivity index (χ1) is 17.4. The monoisotopic (exact) mass is 513 g/mol. The van der Waals surface area contributed by atoms with Crippen molar-refractivity contribution in [2.75, 3.05) is 50.2 Å². The van der Waals surface area contributed by atoms with Gasteiger partial charge in [-0.25, -0.2) is 25.2 Å². The minimum absolute atomic E-state index is 0.0103. The lowest BCUT2D eigenvalue weighted by Crippen LogP contribution is -2.52. The molecule has 36 heavy (non-hydrogen) atoms. The van der Waals surface area contributed by atoms with Gasteiger partial charge in [0.15, 0.2) is 11.6 Å². The number of hydrogen-bond acceptors (Lipinski definition) is 9. The second-order valence-electron chi connectivity index (χ2n) is 9.71. The van der Waals surface area contributed by atoms with E-state index in [1.165, 1.54) is 17.4 Å². The van der Waals surface area contributed by atoms with Gasteiger partial charge in [-0.2, -0.15) is 0 Å². The van der Waals surface area contributed by atoms with Crippen LogP contribution in [0.1, 0.15) is 46.8 Å². The summed E-state index contributed by atoms with van der Waals surface area (Å²) in [5.41, 5.74) is 1.70. The third-order valence-electron chi connectivity index (χ3n) is 7.09. The van der Waals surface area contributed by atoms with Crippen LogP contribution < -0.4 is 21.1 Å². The van der Waals surface area contributed by atoms with Crippen LogP contribution >= 0.6 is 11.3 Å². The van der Waals surface area contributed by atoms with Crippen LogP contribution in [0.3, 0.4) is 0 Å². The number of carbonyl (C=O) groups excluding carboxylic acids is 1. The number of aliphatic hydroxyl groups excluding tert-OH is 1. The number of carbonyl (C=O) groups is 1. The highest BCUT2D eigenvalue weighted by atomic mass is 32.1. The molecular formula is C25H32FN7O2S. The van der Waals surface area contributed by atoms with Gasteiger partial charge in [-0.05, 0) is 30.4 Å². The number of nitrogens with one attached hydrogen (secondary N) is 1. The number of nitrogens with two attached hydrogens (primary N) is 1. The van der Waals surface area contributed by atoms with Crippen molar-refractivity contribution in [1.29, 1.82) is 0 Å². The first-order valence-electron chi connectivity index (χ1n) is 12.3. The summed E-state index contributed by atoms with van der Waals surface area (Å²) in [6.45, 7) is 1.97. The average Bonchev–Trinajstić information content (AvgIpc) is 3.55. The van der Waals surface area contributed by atoms with Crippen molar-refractivity contribution in [3.8, 4) is 0 Å². The zero-order chi connectivity index (χ0) is 25.4. The Morgan fingerprint density at radius 2 is 2.06 bits per heavy atom. The number of hydrogen-bond donors (Lipinski definition) is 3. The Kier molecular flexibility index (Phi) is 7.07. The van der Waals surface area contributed by atoms with Gasteiger partial charge < -0.3 is 20.2 Å². The van der Waals surface area contributed by atoms with Crippen LogP contribution in [0, 0.1) is 5.82 Å². The zero-order valence-corrected chi connectivity index (χ0v) is 21.4. The van der Waals surface area contributed by atoms with Crippen LogP contribution in [-0.4, -0.2) is 72.3 Å². The molecule has 192 valence electrons. The summed E-state index contributed by atoms with van der Waals surface area (Å²) in [6, 6.07) is 3.21. The molecule has 11 heteroatoms. The summed E-state index contributed by atoms with van der Waals surface area (Å²) in [5.74, 6) is 6.43. The molecule has 4 heterocycles. The van der Waals surface area contributed by atoms with Crippen molar-refractivity contribution < 1.29 is 14.3 Å². The molecular weight excluding hydrogens is 481 g/mol. The van der Waals surface area contributed by atoms with Crippen molar-refractivity contribution in [3.63, 3.8) is 0 Å². The SMILES string of the molecule is CN(C)C(=O)c1sc2cnc(N(N)c3ncc(N4CCN[C@@H](CO)C4)cc3F)cc2c1C1CCCC1. The second kappa shape index (κ2) is 10.3. The predicted octanol–water partition coefficient (Wildman–Crippen LogP) is 2.97. The van der Waals surface area contributed by atoms with Crippen molar-refractivity contribution in [2.45, 2.75) is 37.6 Å². The largest absolute Gasteiger partial charge is 0.395 e. The van der Waals surface area contributed by atoms with E-state index in [0.29, 0.717) is 37.1 Å². The molecule has 0 unspecified atom stereocenters. The van der Waals surface area contributed by atoms with Gasteiger partial charge in [-0.15, -0.1) is 11.3 Å². The maximum Gasteiger partial charge on any atom is 0.263 e. The first-order valence-corrected chi connectivity index (χ1v) is 13.1. The van der Waals surface area contributed by atoms with Crippen LogP contribution in [0.4, 0.5) is 21.7 Å². The van der Waals surface area contributed by atoms with Gasteiger partial charge in [0, 0.05) is 57.4 Å². The van der Waals surface area contributed by atoms with Crippen LogP contribution in [0.25, 0.3) is 10.1 Å². The van der Waals surface area contributed by atoms with Gasteiger partial charge in [0.2, 0.25) is 0 Å². The molecule has 0 aromatic carbocycles. The standard InChI is InChI=1S/C25H32FN7O2S/c1-31(2)25(35)23-22(15-5-3-4-6-15)18-10-21(29-12-20(18)36-23)33(27)24-19(26)9-17(11-30-24)32-8-7-28-16(13-32)14-34/h9-12,15-16,28,34H,3-8,13-14,27H2,1-2H3/t16-/m1/s1. The number of amides is 1. The normalized spacial score (nSPS) is 18.7. The fourth-order valence-electron chi connectivity index (χ4n) is 5.19. The van der Waals surface area contributed by atoms with Crippen molar-refractivity contribution >= 4 is 44.7 Å². The molecule has 2 aliphatic rings. The van der Waals surface area contributed by atoms with E-state index in [2.05, 4.69) is 15.3 Å². The number of aromatic nitrogens is 2. The van der Waals surface area contributed by atoms with Gasteiger partial charge in [0.05, 0.1) is 28.1 Å². The quantitative estimate of drug-likeness (QED) is 0.341. The molecule has 0 radical (unpaired) electrons. The number of halogens is 1. The Hall–Kier alpha value is -2.86. The Morgan fingerprint density at radius 1 is 1.28 bits per heavy atom. The number of hydrazine groups is 1. The molecule has 1 saturated heterocycles. The fourth-order valence-corrected chi connectivity index (χ4v) is 6.45. The minimum atomic E-state index is -0.555. The Morgan fingerprint density at radius 3 is 2.75 bits per heavy atom. The molecule has 4 N–H and O–H groups in total. The van der Waals surface area contributed by atoms with E-state index >= 15 is 4.39 Å².